The number of nitrogens with zero attached hydrogens (tertiary/aromatic N) is 2. The molecule has 4 aliphatic carbocycles. The first-order chi connectivity index (χ1) is 11.0. The molecule has 6 N–H and O–H groups in total. The first-order valence-corrected chi connectivity index (χ1v) is 8.47. The maximum Gasteiger partial charge on any atom is 0.141 e. The second kappa shape index (κ2) is 4.19. The van der Waals surface area contributed by atoms with E-state index in [1.165, 1.54) is 11.4 Å². The minimum atomic E-state index is -0.529. The van der Waals surface area contributed by atoms with Crippen LogP contribution in [0, 0.1) is 17.3 Å². The van der Waals surface area contributed by atoms with Crippen molar-refractivity contribution in [1.82, 2.24) is 9.99 Å². The monoisotopic (exact) mass is 313 g/mol. The third-order valence-electron chi connectivity index (χ3n) is 6.41. The molecule has 0 saturated heterocycles. The molecule has 0 spiro atoms. The topological polar surface area (TPSA) is 104 Å². The maximum absolute atomic E-state index is 11.0. The lowest BCUT2D eigenvalue weighted by molar-refractivity contribution is -0.151. The Bertz CT molecular complexity index is 719. The molecule has 2 heterocycles. The Hall–Kier alpha value is -1.79. The molecule has 6 nitrogen and oxygen atoms in total. The molecule has 122 valence electrons. The van der Waals surface area contributed by atoms with Crippen LogP contribution >= 0.6 is 0 Å². The number of H-pyrrole nitrogens is 1. The number of hydrogen-bond donors (Lipinski definition) is 4. The number of rotatable bonds is 1. The van der Waals surface area contributed by atoms with E-state index in [2.05, 4.69) is 9.98 Å². The largest absolute Gasteiger partial charge is 0.400 e. The zero-order valence-electron chi connectivity index (χ0n) is 13.1. The predicted molar refractivity (Wildman–Crippen MR) is 88.1 cm³/mol. The summed E-state index contributed by atoms with van der Waals surface area (Å²) in [6.07, 6.45) is 9.52. The van der Waals surface area contributed by atoms with Crippen LogP contribution in [0.5, 0.6) is 0 Å². The van der Waals surface area contributed by atoms with Crippen molar-refractivity contribution in [3.8, 4) is 0 Å². The molecule has 6 heteroatoms. The third-order valence-corrected chi connectivity index (χ3v) is 6.41. The zero-order valence-corrected chi connectivity index (χ0v) is 13.1. The minimum absolute atomic E-state index is 0.120. The highest BCUT2D eigenvalue weighted by Crippen LogP contribution is 2.64. The number of aromatic nitrogens is 1. The van der Waals surface area contributed by atoms with Crippen molar-refractivity contribution >= 4 is 17.9 Å². The van der Waals surface area contributed by atoms with Crippen LogP contribution in [0.4, 0.5) is 5.82 Å². The smallest absolute Gasteiger partial charge is 0.141 e. The van der Waals surface area contributed by atoms with Crippen molar-refractivity contribution < 1.29 is 5.11 Å². The number of aliphatic hydroxyl groups is 1. The van der Waals surface area contributed by atoms with Crippen molar-refractivity contribution in [2.24, 2.45) is 33.8 Å². The summed E-state index contributed by atoms with van der Waals surface area (Å²) in [5.41, 5.74) is 8.73. The van der Waals surface area contributed by atoms with Crippen LogP contribution in [0.2, 0.25) is 0 Å². The lowest BCUT2D eigenvalue weighted by Gasteiger charge is -2.60. The molecule has 23 heavy (non-hydrogen) atoms. The van der Waals surface area contributed by atoms with E-state index in [-0.39, 0.29) is 5.41 Å². The fourth-order valence-electron chi connectivity index (χ4n) is 6.04. The Morgan fingerprint density at radius 2 is 2.04 bits per heavy atom. The first-order valence-electron chi connectivity index (χ1n) is 8.47. The number of hydrogen-bond acceptors (Lipinski definition) is 5. The number of aromatic amines is 1. The van der Waals surface area contributed by atoms with Gasteiger partial charge < -0.3 is 15.8 Å². The number of aliphatic imine (C=N–C) groups is 1. The maximum atomic E-state index is 11.0. The van der Waals surface area contributed by atoms with Crippen LogP contribution < -0.4 is 11.6 Å². The molecule has 1 aromatic heterocycles. The Balaban J connectivity index is 1.65. The molecule has 2 unspecified atom stereocenters. The molecule has 4 fully saturated rings. The van der Waals surface area contributed by atoms with Gasteiger partial charge in [-0.1, -0.05) is 0 Å². The highest BCUT2D eigenvalue weighted by atomic mass is 16.3. The zero-order chi connectivity index (χ0) is 15.8. The number of fused-ring (bicyclic) bond motifs is 1. The van der Waals surface area contributed by atoms with Crippen molar-refractivity contribution in [2.45, 2.75) is 44.1 Å². The van der Waals surface area contributed by atoms with Gasteiger partial charge in [0.25, 0.3) is 0 Å². The fraction of sp³-hybridized carbons (Fsp3) is 0.588. The van der Waals surface area contributed by atoms with Gasteiger partial charge in [-0.2, -0.15) is 0 Å². The highest BCUT2D eigenvalue weighted by molar-refractivity contribution is 5.87. The van der Waals surface area contributed by atoms with Crippen LogP contribution in [0.1, 0.15) is 44.1 Å². The van der Waals surface area contributed by atoms with Crippen LogP contribution in [0.3, 0.4) is 0 Å². The predicted octanol–water partition coefficient (Wildman–Crippen LogP) is 1.82. The van der Waals surface area contributed by atoms with E-state index in [4.69, 9.17) is 11.6 Å². The van der Waals surface area contributed by atoms with E-state index < -0.39 is 5.60 Å². The first kappa shape index (κ1) is 13.6. The summed E-state index contributed by atoms with van der Waals surface area (Å²) in [6, 6.07) is 1.98. The van der Waals surface area contributed by atoms with E-state index in [1.54, 1.807) is 6.34 Å². The number of allylic oxidation sites excluding steroid dienone is 1. The van der Waals surface area contributed by atoms with Gasteiger partial charge in [-0.05, 0) is 56.4 Å². The average Bonchev–Trinajstić information content (AvgIpc) is 2.92. The summed E-state index contributed by atoms with van der Waals surface area (Å²) in [5.74, 6) is 8.16. The summed E-state index contributed by atoms with van der Waals surface area (Å²) in [5, 5.41) is 12.5. The Kier molecular flexibility index (Phi) is 2.48. The van der Waals surface area contributed by atoms with Gasteiger partial charge in [-0.25, -0.2) is 10.8 Å². The molecular weight excluding hydrogens is 290 g/mol. The van der Waals surface area contributed by atoms with Crippen LogP contribution in [-0.4, -0.2) is 27.0 Å². The van der Waals surface area contributed by atoms with Gasteiger partial charge >= 0.3 is 0 Å². The summed E-state index contributed by atoms with van der Waals surface area (Å²) in [4.78, 5) is 7.43. The summed E-state index contributed by atoms with van der Waals surface area (Å²) < 4.78 is 0. The molecule has 6 rings (SSSR count). The normalized spacial score (nSPS) is 43.0. The Morgan fingerprint density at radius 1 is 1.30 bits per heavy atom. The van der Waals surface area contributed by atoms with Gasteiger partial charge in [-0.15, -0.1) is 0 Å². The SMILES string of the molecule is N/C(=C1/c2cc[nH]c2N=CN1N)C12CC3CC(CC(O)(C3)C1)C2. The van der Waals surface area contributed by atoms with Crippen LogP contribution in [0.25, 0.3) is 5.70 Å². The lowest BCUT2D eigenvalue weighted by Crippen LogP contribution is -2.57. The van der Waals surface area contributed by atoms with E-state index >= 15 is 0 Å². The van der Waals surface area contributed by atoms with Crippen molar-refractivity contribution in [3.05, 3.63) is 23.5 Å². The number of nitrogens with two attached hydrogens (primary N) is 2. The van der Waals surface area contributed by atoms with E-state index in [0.29, 0.717) is 11.8 Å². The molecule has 1 aromatic rings. The van der Waals surface area contributed by atoms with Crippen molar-refractivity contribution in [2.75, 3.05) is 0 Å². The molecule has 0 amide bonds. The summed E-state index contributed by atoms with van der Waals surface area (Å²) in [6.45, 7) is 0. The molecule has 1 aliphatic heterocycles. The third kappa shape index (κ3) is 1.79. The van der Waals surface area contributed by atoms with Crippen LogP contribution in [0.15, 0.2) is 23.0 Å². The molecule has 0 aromatic carbocycles. The molecule has 5 aliphatic rings. The van der Waals surface area contributed by atoms with Crippen molar-refractivity contribution in [1.29, 1.82) is 0 Å². The molecular formula is C17H23N5O. The van der Waals surface area contributed by atoms with Crippen molar-refractivity contribution in [3.63, 3.8) is 0 Å². The molecule has 4 bridgehead atoms. The quantitative estimate of drug-likeness (QED) is 0.594. The van der Waals surface area contributed by atoms with Gasteiger partial charge in [0.15, 0.2) is 0 Å². The average molecular weight is 313 g/mol. The minimum Gasteiger partial charge on any atom is -0.400 e. The second-order valence-electron chi connectivity index (χ2n) is 8.12. The number of hydrazine groups is 1. The van der Waals surface area contributed by atoms with E-state index in [1.807, 2.05) is 12.3 Å². The number of nitrogens with one attached hydrogen (secondary N) is 1. The van der Waals surface area contributed by atoms with Gasteiger partial charge in [-0.3, -0.25) is 5.01 Å². The highest BCUT2D eigenvalue weighted by Gasteiger charge is 2.58. The lowest BCUT2D eigenvalue weighted by atomic mass is 9.47. The standard InChI is InChI=1S/C17H23N5O/c18-14(13-12-1-2-20-15(12)21-9-22(13)19)16-4-10-3-11(5-16)7-17(23,6-10)8-16/h1-2,9-11,20,23H,3-8,18-19H2/b14-13-. The van der Waals surface area contributed by atoms with Crippen LogP contribution in [-0.2, 0) is 0 Å². The summed E-state index contributed by atoms with van der Waals surface area (Å²) >= 11 is 0. The van der Waals surface area contributed by atoms with Gasteiger partial charge in [0, 0.05) is 22.9 Å². The van der Waals surface area contributed by atoms with Gasteiger partial charge in [0.1, 0.15) is 12.2 Å². The second-order valence-corrected chi connectivity index (χ2v) is 8.12. The van der Waals surface area contributed by atoms with E-state index in [0.717, 1.165) is 54.9 Å². The van der Waals surface area contributed by atoms with Gasteiger partial charge in [0.2, 0.25) is 0 Å². The molecule has 4 saturated carbocycles. The van der Waals surface area contributed by atoms with Gasteiger partial charge in [0.05, 0.1) is 11.3 Å². The fourth-order valence-corrected chi connectivity index (χ4v) is 6.04. The summed E-state index contributed by atoms with van der Waals surface area (Å²) in [7, 11) is 0. The van der Waals surface area contributed by atoms with E-state index in [9.17, 15) is 5.11 Å². The molecule has 0 radical (unpaired) electrons. The molecule has 2 atom stereocenters. The Morgan fingerprint density at radius 3 is 2.74 bits per heavy atom. The Labute approximate surface area is 135 Å².